The Hall–Kier alpha value is -0.610. The van der Waals surface area contributed by atoms with E-state index in [0.717, 1.165) is 26.1 Å². The molecule has 0 saturated carbocycles. The first kappa shape index (κ1) is 8.49. The van der Waals surface area contributed by atoms with E-state index in [4.69, 9.17) is 10.5 Å². The summed E-state index contributed by atoms with van der Waals surface area (Å²) in [6.07, 6.45) is 1.96. The number of primary amides is 1. The molecule has 11 heavy (non-hydrogen) atoms. The van der Waals surface area contributed by atoms with Crippen molar-refractivity contribution in [3.8, 4) is 0 Å². The lowest BCUT2D eigenvalue weighted by Crippen LogP contribution is -2.39. The summed E-state index contributed by atoms with van der Waals surface area (Å²) >= 11 is 0. The van der Waals surface area contributed by atoms with Crippen LogP contribution in [0, 0.1) is 0 Å². The van der Waals surface area contributed by atoms with Crippen LogP contribution in [-0.4, -0.2) is 31.7 Å². The third-order valence-electron chi connectivity index (χ3n) is 1.79. The highest BCUT2D eigenvalue weighted by molar-refractivity contribution is 5.75. The van der Waals surface area contributed by atoms with Crippen molar-refractivity contribution < 1.29 is 9.53 Å². The molecule has 1 rings (SSSR count). The van der Waals surface area contributed by atoms with E-state index in [0.29, 0.717) is 6.04 Å². The first-order chi connectivity index (χ1) is 5.29. The van der Waals surface area contributed by atoms with E-state index in [9.17, 15) is 4.79 Å². The Balaban J connectivity index is 2.09. The molecule has 0 aromatic heterocycles. The molecule has 1 aliphatic rings. The summed E-state index contributed by atoms with van der Waals surface area (Å²) in [5.41, 5.74) is 4.98. The molecule has 1 aliphatic heterocycles. The predicted octanol–water partition coefficient (Wildman–Crippen LogP) is -0.760. The summed E-state index contributed by atoms with van der Waals surface area (Å²) in [6.45, 7) is 1.86. The minimum atomic E-state index is -0.295. The van der Waals surface area contributed by atoms with Crippen LogP contribution in [0.4, 0.5) is 0 Å². The SMILES string of the molecule is NC(=O)CNC1CCOCC1. The largest absolute Gasteiger partial charge is 0.381 e. The summed E-state index contributed by atoms with van der Waals surface area (Å²) in [4.78, 5) is 10.4. The van der Waals surface area contributed by atoms with Crippen molar-refractivity contribution in [1.82, 2.24) is 5.32 Å². The van der Waals surface area contributed by atoms with Crippen LogP contribution in [0.25, 0.3) is 0 Å². The number of hydrogen-bond donors (Lipinski definition) is 2. The summed E-state index contributed by atoms with van der Waals surface area (Å²) in [5, 5.41) is 3.07. The van der Waals surface area contributed by atoms with Gasteiger partial charge in [-0.25, -0.2) is 0 Å². The number of amides is 1. The van der Waals surface area contributed by atoms with E-state index in [1.165, 1.54) is 0 Å². The maximum absolute atomic E-state index is 10.4. The Morgan fingerprint density at radius 3 is 2.73 bits per heavy atom. The number of carbonyl (C=O) groups is 1. The fraction of sp³-hybridized carbons (Fsp3) is 0.857. The summed E-state index contributed by atoms with van der Waals surface area (Å²) in [6, 6.07) is 0.413. The quantitative estimate of drug-likeness (QED) is 0.567. The zero-order valence-electron chi connectivity index (χ0n) is 6.51. The zero-order valence-corrected chi connectivity index (χ0v) is 6.51. The highest BCUT2D eigenvalue weighted by Gasteiger charge is 2.12. The zero-order chi connectivity index (χ0) is 8.10. The van der Waals surface area contributed by atoms with Crippen LogP contribution in [-0.2, 0) is 9.53 Å². The average molecular weight is 158 g/mol. The van der Waals surface area contributed by atoms with E-state index in [-0.39, 0.29) is 12.5 Å². The van der Waals surface area contributed by atoms with Gasteiger partial charge in [0.05, 0.1) is 6.54 Å². The van der Waals surface area contributed by atoms with Crippen LogP contribution in [0.5, 0.6) is 0 Å². The van der Waals surface area contributed by atoms with Gasteiger partial charge in [0.25, 0.3) is 0 Å². The van der Waals surface area contributed by atoms with Gasteiger partial charge in [0.15, 0.2) is 0 Å². The predicted molar refractivity (Wildman–Crippen MR) is 41.0 cm³/mol. The molecular formula is C7H14N2O2. The van der Waals surface area contributed by atoms with Gasteiger partial charge in [0.1, 0.15) is 0 Å². The van der Waals surface area contributed by atoms with Gasteiger partial charge in [-0.2, -0.15) is 0 Å². The van der Waals surface area contributed by atoms with E-state index >= 15 is 0 Å². The topological polar surface area (TPSA) is 64.4 Å². The van der Waals surface area contributed by atoms with Gasteiger partial charge in [-0.05, 0) is 12.8 Å². The van der Waals surface area contributed by atoms with Crippen LogP contribution in [0.2, 0.25) is 0 Å². The first-order valence-corrected chi connectivity index (χ1v) is 3.88. The molecule has 0 bridgehead atoms. The molecule has 0 unspecified atom stereocenters. The number of nitrogens with two attached hydrogens (primary N) is 1. The van der Waals surface area contributed by atoms with E-state index < -0.39 is 0 Å². The van der Waals surface area contributed by atoms with Gasteiger partial charge in [0, 0.05) is 19.3 Å². The number of hydrogen-bond acceptors (Lipinski definition) is 3. The summed E-state index contributed by atoms with van der Waals surface area (Å²) in [7, 11) is 0. The molecule has 1 saturated heterocycles. The molecule has 1 heterocycles. The minimum Gasteiger partial charge on any atom is -0.381 e. The van der Waals surface area contributed by atoms with Crippen molar-refractivity contribution in [2.24, 2.45) is 5.73 Å². The smallest absolute Gasteiger partial charge is 0.231 e. The molecule has 4 heteroatoms. The van der Waals surface area contributed by atoms with Crippen LogP contribution in [0.1, 0.15) is 12.8 Å². The Labute approximate surface area is 66.1 Å². The molecule has 0 aromatic carbocycles. The van der Waals surface area contributed by atoms with Gasteiger partial charge >= 0.3 is 0 Å². The monoisotopic (exact) mass is 158 g/mol. The second kappa shape index (κ2) is 4.31. The molecule has 0 aromatic rings. The molecule has 1 amide bonds. The standard InChI is InChI=1S/C7H14N2O2/c8-7(10)5-9-6-1-3-11-4-2-6/h6,9H,1-5H2,(H2,8,10). The highest BCUT2D eigenvalue weighted by Crippen LogP contribution is 2.04. The fourth-order valence-electron chi connectivity index (χ4n) is 1.15. The van der Waals surface area contributed by atoms with Crippen LogP contribution in [0.3, 0.4) is 0 Å². The van der Waals surface area contributed by atoms with Gasteiger partial charge in [-0.15, -0.1) is 0 Å². The highest BCUT2D eigenvalue weighted by atomic mass is 16.5. The molecular weight excluding hydrogens is 144 g/mol. The minimum absolute atomic E-state index is 0.282. The van der Waals surface area contributed by atoms with Gasteiger partial charge < -0.3 is 15.8 Å². The first-order valence-electron chi connectivity index (χ1n) is 3.88. The number of rotatable bonds is 3. The van der Waals surface area contributed by atoms with Crippen LogP contribution >= 0.6 is 0 Å². The molecule has 3 N–H and O–H groups in total. The molecule has 0 atom stereocenters. The van der Waals surface area contributed by atoms with E-state index in [1.54, 1.807) is 0 Å². The van der Waals surface area contributed by atoms with E-state index in [2.05, 4.69) is 5.32 Å². The lowest BCUT2D eigenvalue weighted by atomic mass is 10.1. The maximum Gasteiger partial charge on any atom is 0.231 e. The van der Waals surface area contributed by atoms with Crippen LogP contribution in [0.15, 0.2) is 0 Å². The van der Waals surface area contributed by atoms with Gasteiger partial charge in [0.2, 0.25) is 5.91 Å². The Morgan fingerprint density at radius 2 is 2.18 bits per heavy atom. The Morgan fingerprint density at radius 1 is 1.55 bits per heavy atom. The second-order valence-corrected chi connectivity index (χ2v) is 2.73. The van der Waals surface area contributed by atoms with Crippen molar-refractivity contribution in [3.63, 3.8) is 0 Å². The van der Waals surface area contributed by atoms with Gasteiger partial charge in [-0.1, -0.05) is 0 Å². The van der Waals surface area contributed by atoms with Crippen molar-refractivity contribution in [3.05, 3.63) is 0 Å². The van der Waals surface area contributed by atoms with Crippen molar-refractivity contribution >= 4 is 5.91 Å². The van der Waals surface area contributed by atoms with Crippen LogP contribution < -0.4 is 11.1 Å². The van der Waals surface area contributed by atoms with E-state index in [1.807, 2.05) is 0 Å². The number of nitrogens with one attached hydrogen (secondary N) is 1. The maximum atomic E-state index is 10.4. The molecule has 0 radical (unpaired) electrons. The summed E-state index contributed by atoms with van der Waals surface area (Å²) < 4.78 is 5.15. The Kier molecular flexibility index (Phi) is 3.32. The van der Waals surface area contributed by atoms with Crippen molar-refractivity contribution in [2.75, 3.05) is 19.8 Å². The molecule has 64 valence electrons. The molecule has 4 nitrogen and oxygen atoms in total. The average Bonchev–Trinajstić information content (AvgIpc) is 2.03. The van der Waals surface area contributed by atoms with Crippen molar-refractivity contribution in [1.29, 1.82) is 0 Å². The third kappa shape index (κ3) is 3.34. The Bertz CT molecular complexity index is 132. The normalized spacial score (nSPS) is 20.0. The number of ether oxygens (including phenoxy) is 1. The van der Waals surface area contributed by atoms with Crippen molar-refractivity contribution in [2.45, 2.75) is 18.9 Å². The number of carbonyl (C=O) groups excluding carboxylic acids is 1. The fourth-order valence-corrected chi connectivity index (χ4v) is 1.15. The summed E-state index contributed by atoms with van der Waals surface area (Å²) in [5.74, 6) is -0.295. The molecule has 1 fully saturated rings. The third-order valence-corrected chi connectivity index (χ3v) is 1.79. The lowest BCUT2D eigenvalue weighted by Gasteiger charge is -2.22. The lowest BCUT2D eigenvalue weighted by molar-refractivity contribution is -0.117. The molecule has 0 aliphatic carbocycles. The molecule has 0 spiro atoms. The van der Waals surface area contributed by atoms with Gasteiger partial charge in [-0.3, -0.25) is 4.79 Å². The second-order valence-electron chi connectivity index (χ2n) is 2.73.